The van der Waals surface area contributed by atoms with Gasteiger partial charge in [0.05, 0.1) is 5.75 Å². The normalized spacial score (nSPS) is 33.4. The van der Waals surface area contributed by atoms with Crippen LogP contribution in [0.5, 0.6) is 0 Å². The van der Waals surface area contributed by atoms with Crippen LogP contribution in [0.25, 0.3) is 0 Å². The lowest BCUT2D eigenvalue weighted by atomic mass is 9.87. The largest absolute Gasteiger partial charge is 0.481 e. The molecule has 120 valence electrons. The highest BCUT2D eigenvalue weighted by Gasteiger charge is 2.29. The van der Waals surface area contributed by atoms with Gasteiger partial charge in [-0.3, -0.25) is 9.59 Å². The van der Waals surface area contributed by atoms with Crippen molar-refractivity contribution in [2.24, 2.45) is 5.92 Å². The van der Waals surface area contributed by atoms with Gasteiger partial charge in [0, 0.05) is 22.0 Å². The van der Waals surface area contributed by atoms with E-state index in [1.807, 2.05) is 0 Å². The molecule has 0 saturated heterocycles. The number of carbonyl (C=O) groups is 2. The number of thioether (sulfide) groups is 1. The molecule has 2 aliphatic rings. The fourth-order valence-electron chi connectivity index (χ4n) is 3.24. The van der Waals surface area contributed by atoms with Gasteiger partial charge in [-0.25, -0.2) is 0 Å². The van der Waals surface area contributed by atoms with Crippen LogP contribution in [0.3, 0.4) is 0 Å². The van der Waals surface area contributed by atoms with Crippen molar-refractivity contribution in [1.29, 1.82) is 0 Å². The number of rotatable bonds is 5. The van der Waals surface area contributed by atoms with Crippen molar-refractivity contribution < 1.29 is 14.7 Å². The fraction of sp³-hybridized carbons (Fsp3) is 0.867. The standard InChI is InChI=1S/C15H24BrNO3S/c16-11-4-6-12(7-5-11)17-15(20)10-2-1-3-13(8-10)21-9-14(18)19/h10-13H,1-9H2,(H,17,20)(H,18,19). The van der Waals surface area contributed by atoms with E-state index in [1.54, 1.807) is 0 Å². The van der Waals surface area contributed by atoms with Crippen LogP contribution in [0.1, 0.15) is 51.4 Å². The van der Waals surface area contributed by atoms with E-state index in [0.29, 0.717) is 16.1 Å². The summed E-state index contributed by atoms with van der Waals surface area (Å²) in [6.07, 6.45) is 8.23. The van der Waals surface area contributed by atoms with Crippen LogP contribution < -0.4 is 5.32 Å². The minimum atomic E-state index is -0.766. The number of nitrogens with one attached hydrogen (secondary N) is 1. The maximum absolute atomic E-state index is 12.4. The highest BCUT2D eigenvalue weighted by Crippen LogP contribution is 2.33. The number of carbonyl (C=O) groups excluding carboxylic acids is 1. The lowest BCUT2D eigenvalue weighted by Gasteiger charge is -2.31. The predicted molar refractivity (Wildman–Crippen MR) is 89.0 cm³/mol. The Morgan fingerprint density at radius 1 is 1.14 bits per heavy atom. The van der Waals surface area contributed by atoms with Gasteiger partial charge < -0.3 is 10.4 Å². The van der Waals surface area contributed by atoms with Gasteiger partial charge in [0.2, 0.25) is 5.91 Å². The Labute approximate surface area is 138 Å². The van der Waals surface area contributed by atoms with Gasteiger partial charge in [-0.2, -0.15) is 0 Å². The smallest absolute Gasteiger partial charge is 0.313 e. The van der Waals surface area contributed by atoms with Crippen LogP contribution in [0, 0.1) is 5.92 Å². The van der Waals surface area contributed by atoms with Crippen LogP contribution >= 0.6 is 27.7 Å². The molecule has 2 aliphatic carbocycles. The molecule has 4 nitrogen and oxygen atoms in total. The molecular formula is C15H24BrNO3S. The molecule has 2 N–H and O–H groups in total. The molecule has 0 aromatic rings. The van der Waals surface area contributed by atoms with Crippen molar-refractivity contribution in [3.63, 3.8) is 0 Å². The average Bonchev–Trinajstić information content (AvgIpc) is 2.48. The number of carboxylic acids is 1. The number of halogens is 1. The number of amides is 1. The lowest BCUT2D eigenvalue weighted by Crippen LogP contribution is -2.42. The molecule has 2 fully saturated rings. The Morgan fingerprint density at radius 2 is 1.86 bits per heavy atom. The molecular weight excluding hydrogens is 354 g/mol. The minimum absolute atomic E-state index is 0.0757. The van der Waals surface area contributed by atoms with E-state index in [9.17, 15) is 9.59 Å². The second-order valence-electron chi connectivity index (χ2n) is 6.15. The van der Waals surface area contributed by atoms with E-state index in [4.69, 9.17) is 5.11 Å². The summed E-state index contributed by atoms with van der Waals surface area (Å²) in [7, 11) is 0. The summed E-state index contributed by atoms with van der Waals surface area (Å²) >= 11 is 5.12. The van der Waals surface area contributed by atoms with Crippen molar-refractivity contribution in [2.75, 3.05) is 5.75 Å². The zero-order chi connectivity index (χ0) is 15.2. The molecule has 2 saturated carbocycles. The average molecular weight is 378 g/mol. The number of carboxylic acid groups (broad SMARTS) is 1. The fourth-order valence-corrected chi connectivity index (χ4v) is 4.85. The third-order valence-corrected chi connectivity index (χ3v) is 6.67. The maximum atomic E-state index is 12.4. The number of hydrogen-bond acceptors (Lipinski definition) is 3. The van der Waals surface area contributed by atoms with Gasteiger partial charge in [-0.15, -0.1) is 11.8 Å². The van der Waals surface area contributed by atoms with E-state index < -0.39 is 5.97 Å². The SMILES string of the molecule is O=C(O)CSC1CCCC(C(=O)NC2CCC(Br)CC2)C1. The number of alkyl halides is 1. The third-order valence-electron chi connectivity index (χ3n) is 4.44. The summed E-state index contributed by atoms with van der Waals surface area (Å²) in [6, 6.07) is 0.332. The van der Waals surface area contributed by atoms with E-state index in [1.165, 1.54) is 11.8 Å². The van der Waals surface area contributed by atoms with E-state index in [2.05, 4.69) is 21.2 Å². The van der Waals surface area contributed by atoms with E-state index >= 15 is 0 Å². The van der Waals surface area contributed by atoms with Gasteiger partial charge in [0.15, 0.2) is 0 Å². The minimum Gasteiger partial charge on any atom is -0.481 e. The second kappa shape index (κ2) is 8.42. The van der Waals surface area contributed by atoms with Gasteiger partial charge in [0.1, 0.15) is 0 Å². The van der Waals surface area contributed by atoms with Gasteiger partial charge in [-0.05, 0) is 44.9 Å². The summed E-state index contributed by atoms with van der Waals surface area (Å²) < 4.78 is 0. The Bertz CT molecular complexity index is 372. The number of aliphatic carboxylic acids is 1. The zero-order valence-corrected chi connectivity index (χ0v) is 14.6. The molecule has 0 spiro atoms. The monoisotopic (exact) mass is 377 g/mol. The van der Waals surface area contributed by atoms with E-state index in [0.717, 1.165) is 51.4 Å². The Hall–Kier alpha value is -0.230. The highest BCUT2D eigenvalue weighted by atomic mass is 79.9. The molecule has 1 amide bonds. The molecule has 2 atom stereocenters. The molecule has 2 rings (SSSR count). The van der Waals surface area contributed by atoms with Crippen LogP contribution in [0.4, 0.5) is 0 Å². The van der Waals surface area contributed by atoms with Crippen LogP contribution in [-0.4, -0.2) is 38.9 Å². The Balaban J connectivity index is 1.75. The molecule has 0 aromatic heterocycles. The third kappa shape index (κ3) is 5.81. The zero-order valence-electron chi connectivity index (χ0n) is 12.2. The molecule has 0 aliphatic heterocycles. The van der Waals surface area contributed by atoms with Gasteiger partial charge >= 0.3 is 5.97 Å². The van der Waals surface area contributed by atoms with Crippen LogP contribution in [0.15, 0.2) is 0 Å². The first-order valence-corrected chi connectivity index (χ1v) is 9.79. The highest BCUT2D eigenvalue weighted by molar-refractivity contribution is 9.09. The lowest BCUT2D eigenvalue weighted by molar-refractivity contribution is -0.134. The maximum Gasteiger partial charge on any atom is 0.313 e. The summed E-state index contributed by atoms with van der Waals surface area (Å²) in [5, 5.41) is 12.3. The van der Waals surface area contributed by atoms with Gasteiger partial charge in [-0.1, -0.05) is 22.4 Å². The van der Waals surface area contributed by atoms with Crippen molar-refractivity contribution in [3.8, 4) is 0 Å². The summed E-state index contributed by atoms with van der Waals surface area (Å²) in [4.78, 5) is 23.6. The first-order valence-electron chi connectivity index (χ1n) is 7.82. The summed E-state index contributed by atoms with van der Waals surface area (Å²) in [6.45, 7) is 0. The molecule has 6 heteroatoms. The first-order chi connectivity index (χ1) is 10.0. The van der Waals surface area contributed by atoms with Crippen molar-refractivity contribution in [1.82, 2.24) is 5.32 Å². The van der Waals surface area contributed by atoms with Crippen molar-refractivity contribution in [2.45, 2.75) is 67.5 Å². The predicted octanol–water partition coefficient (Wildman–Crippen LogP) is 3.19. The molecule has 2 unspecified atom stereocenters. The second-order valence-corrected chi connectivity index (χ2v) is 8.73. The first kappa shape index (κ1) is 17.1. The van der Waals surface area contributed by atoms with Crippen LogP contribution in [0.2, 0.25) is 0 Å². The summed E-state index contributed by atoms with van der Waals surface area (Å²) in [5.41, 5.74) is 0. The molecule has 0 aromatic carbocycles. The summed E-state index contributed by atoms with van der Waals surface area (Å²) in [5.74, 6) is -0.354. The molecule has 21 heavy (non-hydrogen) atoms. The molecule has 0 radical (unpaired) electrons. The Kier molecular flexibility index (Phi) is 6.86. The molecule has 0 heterocycles. The quantitative estimate of drug-likeness (QED) is 0.722. The number of hydrogen-bond donors (Lipinski definition) is 2. The topological polar surface area (TPSA) is 66.4 Å². The van der Waals surface area contributed by atoms with Crippen molar-refractivity contribution >= 4 is 39.6 Å². The van der Waals surface area contributed by atoms with E-state index in [-0.39, 0.29) is 17.6 Å². The molecule has 0 bridgehead atoms. The van der Waals surface area contributed by atoms with Crippen molar-refractivity contribution in [3.05, 3.63) is 0 Å². The van der Waals surface area contributed by atoms with Crippen LogP contribution in [-0.2, 0) is 9.59 Å². The Morgan fingerprint density at radius 3 is 2.52 bits per heavy atom. The van der Waals surface area contributed by atoms with Gasteiger partial charge in [0.25, 0.3) is 0 Å².